The highest BCUT2D eigenvalue weighted by atomic mass is 79.9. The van der Waals surface area contributed by atoms with E-state index in [1.807, 2.05) is 30.3 Å². The lowest BCUT2D eigenvalue weighted by Crippen LogP contribution is -2.93. The molecule has 6 aliphatic carbocycles. The Morgan fingerprint density at radius 3 is 2.18 bits per heavy atom. The van der Waals surface area contributed by atoms with E-state index in [0.29, 0.717) is 54.5 Å². The molecule has 0 N–H and O–H groups in total. The molecule has 0 radical (unpaired) electrons. The predicted octanol–water partition coefficient (Wildman–Crippen LogP) is 2.50. The van der Waals surface area contributed by atoms with Crippen molar-refractivity contribution in [3.63, 3.8) is 0 Å². The summed E-state index contributed by atoms with van der Waals surface area (Å²) in [6.45, 7) is 1.40. The molecule has 1 saturated heterocycles. The van der Waals surface area contributed by atoms with Crippen molar-refractivity contribution >= 4 is 21.7 Å². The molecule has 1 aromatic carbocycles. The summed E-state index contributed by atoms with van der Waals surface area (Å²) in [5.41, 5.74) is 0.835. The van der Waals surface area contributed by atoms with E-state index in [0.717, 1.165) is 5.56 Å². The lowest BCUT2D eigenvalue weighted by atomic mass is 9.12. The molecule has 0 aromatic heterocycles. The van der Waals surface area contributed by atoms with Gasteiger partial charge in [0.1, 0.15) is 0 Å². The second-order valence-electron chi connectivity index (χ2n) is 7.92. The van der Waals surface area contributed by atoms with Crippen LogP contribution in [-0.2, 0) is 9.47 Å². The number of alkyl halides is 1. The van der Waals surface area contributed by atoms with Crippen molar-refractivity contribution in [2.75, 3.05) is 13.2 Å². The SMILES string of the molecule is O=C(c1ccccc1)C12C3[C@@H]4[C@H]1C1[C@H]2[C@@H]3C4(Br)C12OCCO2. The first-order valence-electron chi connectivity index (χ1n) is 8.27. The molecule has 1 spiro atoms. The molecule has 1 aromatic rings. The largest absolute Gasteiger partial charge is 0.346 e. The fourth-order valence-electron chi connectivity index (χ4n) is 7.91. The van der Waals surface area contributed by atoms with Gasteiger partial charge in [-0.25, -0.2) is 0 Å². The first-order valence-corrected chi connectivity index (χ1v) is 9.06. The number of halogens is 1. The maximum atomic E-state index is 13.2. The fraction of sp³-hybridized carbons (Fsp3) is 0.611. The summed E-state index contributed by atoms with van der Waals surface area (Å²) in [5, 5.41) is 0. The lowest BCUT2D eigenvalue weighted by molar-refractivity contribution is -0.409. The first kappa shape index (κ1) is 11.8. The van der Waals surface area contributed by atoms with Gasteiger partial charge in [0.2, 0.25) is 0 Å². The number of hydrogen-bond donors (Lipinski definition) is 0. The maximum absolute atomic E-state index is 13.2. The van der Waals surface area contributed by atoms with Crippen molar-refractivity contribution < 1.29 is 14.3 Å². The zero-order valence-electron chi connectivity index (χ0n) is 11.9. The molecular weight excluding hydrogens is 344 g/mol. The average molecular weight is 359 g/mol. The van der Waals surface area contributed by atoms with E-state index in [-0.39, 0.29) is 9.74 Å². The molecular formula is C18H15BrO3. The molecule has 6 saturated carbocycles. The number of carbonyl (C=O) groups is 1. The van der Waals surface area contributed by atoms with Crippen LogP contribution in [0.2, 0.25) is 0 Å². The lowest BCUT2D eigenvalue weighted by Gasteiger charge is -2.90. The molecule has 8 rings (SSSR count). The van der Waals surface area contributed by atoms with Crippen molar-refractivity contribution in [2.24, 2.45) is 40.9 Å². The van der Waals surface area contributed by atoms with E-state index in [1.165, 1.54) is 0 Å². The van der Waals surface area contributed by atoms with Crippen LogP contribution in [-0.4, -0.2) is 29.1 Å². The predicted molar refractivity (Wildman–Crippen MR) is 80.4 cm³/mol. The molecule has 8 atom stereocenters. The van der Waals surface area contributed by atoms with Crippen LogP contribution in [0, 0.1) is 40.9 Å². The number of benzene rings is 1. The molecule has 7 aliphatic rings. The van der Waals surface area contributed by atoms with E-state index in [4.69, 9.17) is 9.47 Å². The van der Waals surface area contributed by atoms with Crippen LogP contribution < -0.4 is 0 Å². The highest BCUT2D eigenvalue weighted by molar-refractivity contribution is 9.10. The van der Waals surface area contributed by atoms with Gasteiger partial charge < -0.3 is 9.47 Å². The van der Waals surface area contributed by atoms with E-state index < -0.39 is 5.79 Å². The van der Waals surface area contributed by atoms with Crippen LogP contribution >= 0.6 is 15.9 Å². The standard InChI is InChI=1S/C18H15BrO3/c19-17-12-9-13(17)11-14(18(17)21-6-7-22-18)10(12)16(9,11)15(20)8-4-2-1-3-5-8/h1-5,9-14H,6-7H2/t9?,10-,11+,12-,13-,14?,16?,17?/m1/s1. The van der Waals surface area contributed by atoms with Crippen molar-refractivity contribution in [3.05, 3.63) is 35.9 Å². The van der Waals surface area contributed by atoms with Gasteiger partial charge in [0.05, 0.1) is 17.5 Å². The normalized spacial score (nSPS) is 59.3. The molecule has 3 nitrogen and oxygen atoms in total. The van der Waals surface area contributed by atoms with Gasteiger partial charge in [-0.2, -0.15) is 0 Å². The minimum absolute atomic E-state index is 0.0138. The van der Waals surface area contributed by atoms with E-state index in [9.17, 15) is 4.79 Å². The number of rotatable bonds is 2. The monoisotopic (exact) mass is 358 g/mol. The minimum atomic E-state index is -0.412. The van der Waals surface area contributed by atoms with Gasteiger partial charge in [0, 0.05) is 16.9 Å². The fourth-order valence-corrected chi connectivity index (χ4v) is 9.54. The molecule has 1 aliphatic heterocycles. The molecule has 22 heavy (non-hydrogen) atoms. The zero-order valence-corrected chi connectivity index (χ0v) is 13.5. The highest BCUT2D eigenvalue weighted by Gasteiger charge is 3.10. The van der Waals surface area contributed by atoms with Crippen molar-refractivity contribution in [1.29, 1.82) is 0 Å². The molecule has 112 valence electrons. The Morgan fingerprint density at radius 1 is 0.955 bits per heavy atom. The summed E-state index contributed by atoms with van der Waals surface area (Å²) in [7, 11) is 0. The van der Waals surface area contributed by atoms with Gasteiger partial charge in [-0.3, -0.25) is 4.79 Å². The van der Waals surface area contributed by atoms with E-state index >= 15 is 0 Å². The third kappa shape index (κ3) is 0.711. The van der Waals surface area contributed by atoms with Crippen LogP contribution in [0.25, 0.3) is 0 Å². The van der Waals surface area contributed by atoms with Crippen LogP contribution in [0.5, 0.6) is 0 Å². The van der Waals surface area contributed by atoms with Gasteiger partial charge in [-0.1, -0.05) is 46.3 Å². The molecule has 4 heteroatoms. The second-order valence-corrected chi connectivity index (χ2v) is 9.23. The topological polar surface area (TPSA) is 35.5 Å². The Bertz CT molecular complexity index is 733. The Balaban J connectivity index is 1.36. The molecule has 0 amide bonds. The van der Waals surface area contributed by atoms with Gasteiger partial charge in [0.25, 0.3) is 0 Å². The summed E-state index contributed by atoms with van der Waals surface area (Å²) in [5.74, 6) is 3.17. The average Bonchev–Trinajstić information content (AvgIpc) is 3.07. The van der Waals surface area contributed by atoms with Gasteiger partial charge in [-0.05, 0) is 29.6 Å². The number of carbonyl (C=O) groups excluding carboxylic acids is 1. The Morgan fingerprint density at radius 2 is 1.55 bits per heavy atom. The van der Waals surface area contributed by atoms with Crippen LogP contribution in [0.3, 0.4) is 0 Å². The van der Waals surface area contributed by atoms with Crippen LogP contribution in [0.1, 0.15) is 10.4 Å². The smallest absolute Gasteiger partial charge is 0.187 e. The Hall–Kier alpha value is -0.710. The highest BCUT2D eigenvalue weighted by Crippen LogP contribution is 3.05. The third-order valence-electron chi connectivity index (χ3n) is 8.06. The third-order valence-corrected chi connectivity index (χ3v) is 9.67. The molecule has 2 bridgehead atoms. The van der Waals surface area contributed by atoms with Crippen molar-refractivity contribution in [3.8, 4) is 0 Å². The molecule has 1 heterocycles. The number of hydrogen-bond acceptors (Lipinski definition) is 3. The van der Waals surface area contributed by atoms with Gasteiger partial charge >= 0.3 is 0 Å². The minimum Gasteiger partial charge on any atom is -0.346 e. The summed E-state index contributed by atoms with van der Waals surface area (Å²) in [4.78, 5) is 13.2. The van der Waals surface area contributed by atoms with Crippen LogP contribution in [0.15, 0.2) is 30.3 Å². The Labute approximate surface area is 136 Å². The zero-order chi connectivity index (χ0) is 14.5. The van der Waals surface area contributed by atoms with Crippen molar-refractivity contribution in [2.45, 2.75) is 10.1 Å². The summed E-state index contributed by atoms with van der Waals surface area (Å²) < 4.78 is 12.3. The van der Waals surface area contributed by atoms with Crippen molar-refractivity contribution in [1.82, 2.24) is 0 Å². The maximum Gasteiger partial charge on any atom is 0.187 e. The second kappa shape index (κ2) is 2.99. The van der Waals surface area contributed by atoms with E-state index in [2.05, 4.69) is 15.9 Å². The summed E-state index contributed by atoms with van der Waals surface area (Å²) >= 11 is 4.04. The quantitative estimate of drug-likeness (QED) is 0.601. The number of ketones is 1. The van der Waals surface area contributed by atoms with Crippen LogP contribution in [0.4, 0.5) is 0 Å². The first-order chi connectivity index (χ1) is 10.7. The van der Waals surface area contributed by atoms with Gasteiger partial charge in [0.15, 0.2) is 11.6 Å². The molecule has 4 unspecified atom stereocenters. The van der Waals surface area contributed by atoms with Gasteiger partial charge in [-0.15, -0.1) is 0 Å². The summed E-state index contributed by atoms with van der Waals surface area (Å²) in [6, 6.07) is 9.87. The number of Topliss-reactive ketones (excluding diaryl/α,β-unsaturated/α-hetero) is 1. The van der Waals surface area contributed by atoms with E-state index in [1.54, 1.807) is 0 Å². The Kier molecular flexibility index (Phi) is 1.60. The number of ether oxygens (including phenoxy) is 2. The molecule has 7 fully saturated rings. The summed E-state index contributed by atoms with van der Waals surface area (Å²) in [6.07, 6.45) is 0.